The molecule has 8 heteroatoms. The van der Waals surface area contributed by atoms with Crippen molar-refractivity contribution < 1.29 is 19.6 Å². The van der Waals surface area contributed by atoms with Crippen LogP contribution in [0.4, 0.5) is 11.4 Å². The van der Waals surface area contributed by atoms with Crippen LogP contribution in [0.25, 0.3) is 0 Å². The van der Waals surface area contributed by atoms with Crippen LogP contribution < -0.4 is 5.32 Å². The van der Waals surface area contributed by atoms with Crippen LogP contribution in [0.5, 0.6) is 0 Å². The molecule has 0 heterocycles. The van der Waals surface area contributed by atoms with Crippen molar-refractivity contribution in [3.63, 3.8) is 0 Å². The third-order valence-corrected chi connectivity index (χ3v) is 3.47. The van der Waals surface area contributed by atoms with Gasteiger partial charge in [0.15, 0.2) is 0 Å². The third-order valence-electron chi connectivity index (χ3n) is 3.14. The van der Waals surface area contributed by atoms with Crippen LogP contribution >= 0.6 is 11.6 Å². The van der Waals surface area contributed by atoms with E-state index in [1.165, 1.54) is 24.3 Å². The number of carboxylic acid groups (broad SMARTS) is 1. The first-order valence-corrected chi connectivity index (χ1v) is 6.76. The average Bonchev–Trinajstić information content (AvgIpc) is 2.49. The topological polar surface area (TPSA) is 110 Å². The fourth-order valence-electron chi connectivity index (χ4n) is 1.88. The summed E-state index contributed by atoms with van der Waals surface area (Å²) in [5.41, 5.74) is 0.606. The van der Waals surface area contributed by atoms with Gasteiger partial charge in [0.2, 0.25) is 0 Å². The Hall–Kier alpha value is -2.93. The van der Waals surface area contributed by atoms with Gasteiger partial charge in [0.1, 0.15) is 0 Å². The van der Waals surface area contributed by atoms with E-state index < -0.39 is 16.8 Å². The lowest BCUT2D eigenvalue weighted by atomic mass is 10.1. The number of nitro groups is 1. The van der Waals surface area contributed by atoms with Crippen molar-refractivity contribution in [3.05, 3.63) is 68.2 Å². The maximum absolute atomic E-state index is 12.3. The van der Waals surface area contributed by atoms with Crippen LogP contribution in [-0.2, 0) is 0 Å². The summed E-state index contributed by atoms with van der Waals surface area (Å²) in [7, 11) is 0. The smallest absolute Gasteiger partial charge is 0.335 e. The van der Waals surface area contributed by atoms with Gasteiger partial charge in [-0.05, 0) is 30.7 Å². The van der Waals surface area contributed by atoms with Gasteiger partial charge in [-0.3, -0.25) is 14.9 Å². The number of nitro benzene ring substituents is 1. The van der Waals surface area contributed by atoms with Crippen molar-refractivity contribution in [3.8, 4) is 0 Å². The Balaban J connectivity index is 2.36. The van der Waals surface area contributed by atoms with Crippen LogP contribution in [0, 0.1) is 17.0 Å². The minimum atomic E-state index is -1.13. The lowest BCUT2D eigenvalue weighted by molar-refractivity contribution is -0.384. The molecule has 0 aromatic heterocycles. The van der Waals surface area contributed by atoms with Crippen molar-refractivity contribution >= 4 is 34.9 Å². The first-order chi connectivity index (χ1) is 10.8. The molecule has 7 nitrogen and oxygen atoms in total. The summed E-state index contributed by atoms with van der Waals surface area (Å²) in [4.78, 5) is 33.4. The number of carbonyl (C=O) groups is 2. The maximum Gasteiger partial charge on any atom is 0.335 e. The van der Waals surface area contributed by atoms with Crippen LogP contribution in [0.3, 0.4) is 0 Å². The zero-order valence-electron chi connectivity index (χ0n) is 11.9. The minimum Gasteiger partial charge on any atom is -0.478 e. The van der Waals surface area contributed by atoms with Gasteiger partial charge in [0.05, 0.1) is 21.1 Å². The van der Waals surface area contributed by atoms with E-state index in [0.717, 1.165) is 6.07 Å². The Labute approximate surface area is 135 Å². The highest BCUT2D eigenvalue weighted by molar-refractivity contribution is 6.34. The number of rotatable bonds is 4. The van der Waals surface area contributed by atoms with Crippen molar-refractivity contribution in [1.29, 1.82) is 0 Å². The Morgan fingerprint density at radius 1 is 1.22 bits per heavy atom. The number of anilines is 1. The van der Waals surface area contributed by atoms with Gasteiger partial charge in [-0.15, -0.1) is 0 Å². The molecule has 0 radical (unpaired) electrons. The van der Waals surface area contributed by atoms with Crippen molar-refractivity contribution in [2.45, 2.75) is 6.92 Å². The first-order valence-electron chi connectivity index (χ1n) is 6.39. The van der Waals surface area contributed by atoms with Crippen LogP contribution in [-0.4, -0.2) is 21.9 Å². The van der Waals surface area contributed by atoms with E-state index >= 15 is 0 Å². The molecule has 0 fully saturated rings. The van der Waals surface area contributed by atoms with Crippen molar-refractivity contribution in [2.24, 2.45) is 0 Å². The Kier molecular flexibility index (Phi) is 4.61. The molecule has 0 aliphatic carbocycles. The Morgan fingerprint density at radius 2 is 1.91 bits per heavy atom. The van der Waals surface area contributed by atoms with Crippen LogP contribution in [0.15, 0.2) is 36.4 Å². The standard InChI is InChI=1S/C15H11ClN2O5/c1-8-2-3-9(15(20)21)6-13(8)17-14(19)11-7-10(18(22)23)4-5-12(11)16/h2-7H,1H3,(H,17,19)(H,20,21). The number of non-ortho nitro benzene ring substituents is 1. The first kappa shape index (κ1) is 16.4. The van der Waals surface area contributed by atoms with Gasteiger partial charge in [0, 0.05) is 17.8 Å². The number of amides is 1. The Bertz CT molecular complexity index is 820. The number of hydrogen-bond acceptors (Lipinski definition) is 4. The molecule has 118 valence electrons. The van der Waals surface area contributed by atoms with Crippen molar-refractivity contribution in [2.75, 3.05) is 5.32 Å². The number of carboxylic acids is 1. The van der Waals surface area contributed by atoms with E-state index in [1.54, 1.807) is 13.0 Å². The van der Waals surface area contributed by atoms with E-state index in [2.05, 4.69) is 5.32 Å². The lowest BCUT2D eigenvalue weighted by Gasteiger charge is -2.10. The fraction of sp³-hybridized carbons (Fsp3) is 0.0667. The second-order valence-electron chi connectivity index (χ2n) is 4.71. The molecule has 2 rings (SSSR count). The zero-order chi connectivity index (χ0) is 17.1. The summed E-state index contributed by atoms with van der Waals surface area (Å²) in [6.07, 6.45) is 0. The van der Waals surface area contributed by atoms with E-state index in [0.29, 0.717) is 5.56 Å². The molecule has 0 bridgehead atoms. The monoisotopic (exact) mass is 334 g/mol. The third kappa shape index (κ3) is 3.64. The average molecular weight is 335 g/mol. The summed E-state index contributed by atoms with van der Waals surface area (Å²) in [5, 5.41) is 22.3. The summed E-state index contributed by atoms with van der Waals surface area (Å²) >= 11 is 5.91. The number of nitrogens with one attached hydrogen (secondary N) is 1. The molecule has 2 aromatic carbocycles. The van der Waals surface area contributed by atoms with Gasteiger partial charge in [-0.25, -0.2) is 4.79 Å². The lowest BCUT2D eigenvalue weighted by Crippen LogP contribution is -2.14. The summed E-state index contributed by atoms with van der Waals surface area (Å²) in [6, 6.07) is 7.78. The van der Waals surface area contributed by atoms with Gasteiger partial charge in [0.25, 0.3) is 11.6 Å². The van der Waals surface area contributed by atoms with Crippen LogP contribution in [0.1, 0.15) is 26.3 Å². The molecule has 2 aromatic rings. The molecule has 23 heavy (non-hydrogen) atoms. The highest BCUT2D eigenvalue weighted by Crippen LogP contribution is 2.24. The van der Waals surface area contributed by atoms with Crippen LogP contribution in [0.2, 0.25) is 5.02 Å². The number of nitrogens with zero attached hydrogens (tertiary/aromatic N) is 1. The molecule has 0 saturated carbocycles. The molecule has 0 saturated heterocycles. The second-order valence-corrected chi connectivity index (χ2v) is 5.12. The van der Waals surface area contributed by atoms with Gasteiger partial charge in [-0.2, -0.15) is 0 Å². The normalized spacial score (nSPS) is 10.2. The molecule has 1 amide bonds. The number of benzene rings is 2. The van der Waals surface area contributed by atoms with Gasteiger partial charge >= 0.3 is 5.97 Å². The molecule has 0 spiro atoms. The molecule has 0 aliphatic heterocycles. The summed E-state index contributed by atoms with van der Waals surface area (Å²) in [6.45, 7) is 1.69. The number of hydrogen-bond donors (Lipinski definition) is 2. The number of halogens is 1. The minimum absolute atomic E-state index is 0.0102. The quantitative estimate of drug-likeness (QED) is 0.656. The predicted octanol–water partition coefficient (Wildman–Crippen LogP) is 3.51. The van der Waals surface area contributed by atoms with Gasteiger partial charge < -0.3 is 10.4 Å². The number of aryl methyl sites for hydroxylation is 1. The van der Waals surface area contributed by atoms with Gasteiger partial charge in [-0.1, -0.05) is 17.7 Å². The van der Waals surface area contributed by atoms with Crippen molar-refractivity contribution in [1.82, 2.24) is 0 Å². The predicted molar refractivity (Wildman–Crippen MR) is 84.2 cm³/mol. The molecule has 2 N–H and O–H groups in total. The largest absolute Gasteiger partial charge is 0.478 e. The van der Waals surface area contributed by atoms with E-state index in [4.69, 9.17) is 16.7 Å². The highest BCUT2D eigenvalue weighted by Gasteiger charge is 2.17. The summed E-state index contributed by atoms with van der Waals surface area (Å²) in [5.74, 6) is -1.79. The summed E-state index contributed by atoms with van der Waals surface area (Å²) < 4.78 is 0. The van der Waals surface area contributed by atoms with E-state index in [-0.39, 0.29) is 27.5 Å². The maximum atomic E-state index is 12.3. The molecular formula is C15H11ClN2O5. The fourth-order valence-corrected chi connectivity index (χ4v) is 2.08. The van der Waals surface area contributed by atoms with E-state index in [9.17, 15) is 19.7 Å². The number of carbonyl (C=O) groups excluding carboxylic acids is 1. The highest BCUT2D eigenvalue weighted by atomic mass is 35.5. The van der Waals surface area contributed by atoms with E-state index in [1.807, 2.05) is 0 Å². The Morgan fingerprint density at radius 3 is 2.52 bits per heavy atom. The molecule has 0 atom stereocenters. The SMILES string of the molecule is Cc1ccc(C(=O)O)cc1NC(=O)c1cc([N+](=O)[O-])ccc1Cl. The zero-order valence-corrected chi connectivity index (χ0v) is 12.6. The number of aromatic carboxylic acids is 1. The molecule has 0 aliphatic rings. The second kappa shape index (κ2) is 6.45. The molecule has 0 unspecified atom stereocenters. The molecular weight excluding hydrogens is 324 g/mol.